The predicted molar refractivity (Wildman–Crippen MR) is 128 cm³/mol. The number of nitrogens with zero attached hydrogens (tertiary/aromatic N) is 2. The molecule has 2 heterocycles. The zero-order valence-corrected chi connectivity index (χ0v) is 20.1. The summed E-state index contributed by atoms with van der Waals surface area (Å²) in [4.78, 5) is 43.1. The van der Waals surface area contributed by atoms with Crippen LogP contribution in [0.1, 0.15) is 47.8 Å². The van der Waals surface area contributed by atoms with E-state index in [4.69, 9.17) is 14.2 Å². The first-order chi connectivity index (χ1) is 16.4. The van der Waals surface area contributed by atoms with Gasteiger partial charge >= 0.3 is 11.9 Å². The molecule has 0 bridgehead atoms. The molecule has 9 heteroatoms. The van der Waals surface area contributed by atoms with Gasteiger partial charge in [-0.2, -0.15) is 0 Å². The fraction of sp³-hybridized carbons (Fsp3) is 0.440. The molecule has 1 aromatic carbocycles. The molecule has 4 rings (SSSR count). The van der Waals surface area contributed by atoms with Gasteiger partial charge in [0.2, 0.25) is 0 Å². The summed E-state index contributed by atoms with van der Waals surface area (Å²) < 4.78 is 17.7. The molecule has 2 atom stereocenters. The zero-order chi connectivity index (χ0) is 24.1. The monoisotopic (exact) mass is 484 g/mol. The number of carbonyl (C=O) groups is 2. The number of hydrogen-bond donors (Lipinski definition) is 0. The minimum Gasteiger partial charge on any atom is -0.490 e. The van der Waals surface area contributed by atoms with Gasteiger partial charge in [-0.25, -0.2) is 9.78 Å². The summed E-state index contributed by atoms with van der Waals surface area (Å²) in [5, 5.41) is 0.319. The van der Waals surface area contributed by atoms with E-state index >= 15 is 0 Å². The highest BCUT2D eigenvalue weighted by atomic mass is 32.1. The predicted octanol–water partition coefficient (Wildman–Crippen LogP) is 4.12. The Labute approximate surface area is 201 Å². The molecule has 1 aliphatic carbocycles. The third-order valence-corrected chi connectivity index (χ3v) is 7.10. The van der Waals surface area contributed by atoms with Crippen molar-refractivity contribution in [2.75, 3.05) is 13.2 Å². The molecule has 0 aliphatic heterocycles. The fourth-order valence-corrected chi connectivity index (χ4v) is 5.22. The largest absolute Gasteiger partial charge is 0.490 e. The third-order valence-electron chi connectivity index (χ3n) is 5.92. The molecule has 2 aromatic heterocycles. The number of esters is 2. The smallest absolute Gasteiger partial charge is 0.348 e. The fourth-order valence-electron chi connectivity index (χ4n) is 4.19. The molecule has 1 fully saturated rings. The first kappa shape index (κ1) is 23.9. The van der Waals surface area contributed by atoms with Crippen LogP contribution in [-0.2, 0) is 20.8 Å². The SMILES string of the molecule is Cc1c(C(=O)OCCOc2ccccc2)sc2ncn(CC(=O)OC3CCCC(C)C3)c(=O)c12. The number of ether oxygens (including phenoxy) is 3. The highest BCUT2D eigenvalue weighted by Crippen LogP contribution is 2.28. The van der Waals surface area contributed by atoms with Crippen LogP contribution in [0.4, 0.5) is 0 Å². The molecule has 1 aliphatic rings. The van der Waals surface area contributed by atoms with Crippen molar-refractivity contribution in [3.8, 4) is 5.75 Å². The Morgan fingerprint density at radius 2 is 1.97 bits per heavy atom. The van der Waals surface area contributed by atoms with E-state index in [9.17, 15) is 14.4 Å². The molecular weight excluding hydrogens is 456 g/mol. The summed E-state index contributed by atoms with van der Waals surface area (Å²) in [6.07, 6.45) is 5.12. The van der Waals surface area contributed by atoms with Crippen LogP contribution in [0.2, 0.25) is 0 Å². The summed E-state index contributed by atoms with van der Waals surface area (Å²) in [6.45, 7) is 3.92. The maximum absolute atomic E-state index is 13.0. The van der Waals surface area contributed by atoms with Crippen molar-refractivity contribution in [2.45, 2.75) is 52.2 Å². The molecule has 34 heavy (non-hydrogen) atoms. The van der Waals surface area contributed by atoms with Crippen molar-refractivity contribution < 1.29 is 23.8 Å². The van der Waals surface area contributed by atoms with Crippen molar-refractivity contribution in [1.82, 2.24) is 9.55 Å². The van der Waals surface area contributed by atoms with E-state index in [1.54, 1.807) is 6.92 Å². The summed E-state index contributed by atoms with van der Waals surface area (Å²) in [7, 11) is 0. The van der Waals surface area contributed by atoms with Gasteiger partial charge in [-0.15, -0.1) is 11.3 Å². The Hall–Kier alpha value is -3.20. The van der Waals surface area contributed by atoms with Gasteiger partial charge in [-0.3, -0.25) is 14.2 Å². The lowest BCUT2D eigenvalue weighted by molar-refractivity contribution is -0.152. The van der Waals surface area contributed by atoms with Gasteiger partial charge in [0, 0.05) is 0 Å². The molecule has 0 amide bonds. The summed E-state index contributed by atoms with van der Waals surface area (Å²) in [5.74, 6) is 0.240. The Kier molecular flexibility index (Phi) is 7.62. The maximum atomic E-state index is 13.0. The molecule has 8 nitrogen and oxygen atoms in total. The quantitative estimate of drug-likeness (QED) is 0.350. The molecule has 180 valence electrons. The molecular formula is C25H28N2O6S. The number of fused-ring (bicyclic) bond motifs is 1. The van der Waals surface area contributed by atoms with E-state index in [0.29, 0.717) is 32.3 Å². The highest BCUT2D eigenvalue weighted by molar-refractivity contribution is 7.20. The van der Waals surface area contributed by atoms with Crippen LogP contribution in [0.25, 0.3) is 10.2 Å². The van der Waals surface area contributed by atoms with Crippen LogP contribution < -0.4 is 10.3 Å². The van der Waals surface area contributed by atoms with Gasteiger partial charge in [0.05, 0.1) is 11.7 Å². The van der Waals surface area contributed by atoms with Crippen molar-refractivity contribution in [1.29, 1.82) is 0 Å². The first-order valence-corrected chi connectivity index (χ1v) is 12.3. The molecule has 2 unspecified atom stereocenters. The van der Waals surface area contributed by atoms with Gasteiger partial charge in [0.15, 0.2) is 0 Å². The number of rotatable bonds is 8. The second-order valence-corrected chi connectivity index (χ2v) is 9.59. The van der Waals surface area contributed by atoms with Crippen molar-refractivity contribution in [3.63, 3.8) is 0 Å². The van der Waals surface area contributed by atoms with Crippen LogP contribution >= 0.6 is 11.3 Å². The normalized spacial score (nSPS) is 17.9. The summed E-state index contributed by atoms with van der Waals surface area (Å²) in [5.41, 5.74) is 0.120. The molecule has 0 radical (unpaired) electrons. The third kappa shape index (κ3) is 5.64. The van der Waals surface area contributed by atoms with Crippen molar-refractivity contribution in [3.05, 3.63) is 57.5 Å². The Morgan fingerprint density at radius 1 is 1.18 bits per heavy atom. The number of para-hydroxylation sites is 1. The molecule has 1 saturated carbocycles. The molecule has 0 N–H and O–H groups in total. The topological polar surface area (TPSA) is 96.7 Å². The summed E-state index contributed by atoms with van der Waals surface area (Å²) >= 11 is 1.10. The Balaban J connectivity index is 1.39. The van der Waals surface area contributed by atoms with E-state index in [2.05, 4.69) is 11.9 Å². The van der Waals surface area contributed by atoms with Crippen molar-refractivity contribution >= 4 is 33.5 Å². The van der Waals surface area contributed by atoms with Gasteiger partial charge in [-0.05, 0) is 49.8 Å². The van der Waals surface area contributed by atoms with E-state index in [1.807, 2.05) is 30.3 Å². The standard InChI is InChI=1S/C25H28N2O6S/c1-16-7-6-10-19(13-16)33-20(28)14-27-15-26-23-21(24(27)29)17(2)22(34-23)25(30)32-12-11-31-18-8-4-3-5-9-18/h3-5,8-9,15-16,19H,6-7,10-14H2,1-2H3. The van der Waals surface area contributed by atoms with Gasteiger partial charge in [0.25, 0.3) is 5.56 Å². The number of benzene rings is 1. The van der Waals surface area contributed by atoms with Gasteiger partial charge < -0.3 is 14.2 Å². The average molecular weight is 485 g/mol. The van der Waals surface area contributed by atoms with Crippen LogP contribution in [0, 0.1) is 12.8 Å². The van der Waals surface area contributed by atoms with E-state index in [0.717, 1.165) is 37.0 Å². The second-order valence-electron chi connectivity index (χ2n) is 8.60. The highest BCUT2D eigenvalue weighted by Gasteiger charge is 2.24. The number of hydrogen-bond acceptors (Lipinski definition) is 8. The number of aryl methyl sites for hydroxylation is 1. The molecule has 3 aromatic rings. The lowest BCUT2D eigenvalue weighted by atomic mass is 9.89. The summed E-state index contributed by atoms with van der Waals surface area (Å²) in [6, 6.07) is 9.25. The first-order valence-electron chi connectivity index (χ1n) is 11.5. The molecule has 0 spiro atoms. The lowest BCUT2D eigenvalue weighted by Gasteiger charge is -2.26. The zero-order valence-electron chi connectivity index (χ0n) is 19.3. The number of aromatic nitrogens is 2. The second kappa shape index (κ2) is 10.8. The van der Waals surface area contributed by atoms with Crippen LogP contribution in [0.15, 0.2) is 41.5 Å². The lowest BCUT2D eigenvalue weighted by Crippen LogP contribution is -2.30. The van der Waals surface area contributed by atoms with Gasteiger partial charge in [-0.1, -0.05) is 31.5 Å². The van der Waals surface area contributed by atoms with E-state index in [1.165, 1.54) is 10.9 Å². The minimum absolute atomic E-state index is 0.0741. The Morgan fingerprint density at radius 3 is 2.74 bits per heavy atom. The van der Waals surface area contributed by atoms with E-state index < -0.39 is 11.9 Å². The van der Waals surface area contributed by atoms with E-state index in [-0.39, 0.29) is 31.4 Å². The Bertz CT molecular complexity index is 1220. The number of thiophene rings is 1. The van der Waals surface area contributed by atoms with Crippen molar-refractivity contribution in [2.24, 2.45) is 5.92 Å². The van der Waals surface area contributed by atoms with Crippen LogP contribution in [0.5, 0.6) is 5.75 Å². The van der Waals surface area contributed by atoms with Crippen LogP contribution in [0.3, 0.4) is 0 Å². The van der Waals surface area contributed by atoms with Gasteiger partial charge in [0.1, 0.15) is 41.3 Å². The minimum atomic E-state index is -0.533. The van der Waals surface area contributed by atoms with Crippen LogP contribution in [-0.4, -0.2) is 40.8 Å². The average Bonchev–Trinajstić information content (AvgIpc) is 3.16. The number of carbonyl (C=O) groups excluding carboxylic acids is 2. The maximum Gasteiger partial charge on any atom is 0.348 e. The molecule has 0 saturated heterocycles.